The molecule has 0 aliphatic carbocycles. The number of hydrogen-bond acceptors (Lipinski definition) is 6. The van der Waals surface area contributed by atoms with Crippen molar-refractivity contribution in [1.82, 2.24) is 15.2 Å². The van der Waals surface area contributed by atoms with Crippen LogP contribution in [0.3, 0.4) is 0 Å². The Morgan fingerprint density at radius 2 is 2.03 bits per heavy atom. The van der Waals surface area contributed by atoms with Crippen LogP contribution in [-0.2, 0) is 5.75 Å². The van der Waals surface area contributed by atoms with Gasteiger partial charge in [-0.3, -0.25) is 14.9 Å². The Balaban J connectivity index is 1.45. The van der Waals surface area contributed by atoms with Crippen molar-refractivity contribution in [2.45, 2.75) is 17.0 Å². The molecule has 0 unspecified atom stereocenters. The van der Waals surface area contributed by atoms with E-state index in [1.165, 1.54) is 41.3 Å². The zero-order valence-electron chi connectivity index (χ0n) is 15.2. The SMILES string of the molecule is Cc1cccc(C(=O)Nc2nnc(SCc3cc(=O)c4cccc(F)c4[nH]3)s2)c1. The van der Waals surface area contributed by atoms with E-state index in [2.05, 4.69) is 20.5 Å². The third-order valence-corrected chi connectivity index (χ3v) is 6.15. The van der Waals surface area contributed by atoms with Gasteiger partial charge in [0.1, 0.15) is 5.82 Å². The first-order chi connectivity index (χ1) is 14.0. The van der Waals surface area contributed by atoms with Crippen LogP contribution in [0.5, 0.6) is 0 Å². The summed E-state index contributed by atoms with van der Waals surface area (Å²) in [5, 5.41) is 11.5. The van der Waals surface area contributed by atoms with E-state index in [0.717, 1.165) is 5.56 Å². The Kier molecular flexibility index (Phi) is 5.41. The van der Waals surface area contributed by atoms with Crippen molar-refractivity contribution in [1.29, 1.82) is 0 Å². The summed E-state index contributed by atoms with van der Waals surface area (Å²) >= 11 is 2.58. The van der Waals surface area contributed by atoms with Crippen LogP contribution >= 0.6 is 23.1 Å². The molecule has 29 heavy (non-hydrogen) atoms. The number of rotatable bonds is 5. The van der Waals surface area contributed by atoms with Gasteiger partial charge >= 0.3 is 0 Å². The average molecular weight is 426 g/mol. The van der Waals surface area contributed by atoms with Crippen LogP contribution in [0, 0.1) is 12.7 Å². The number of halogens is 1. The lowest BCUT2D eigenvalue weighted by molar-refractivity contribution is 0.102. The number of amides is 1. The second-order valence-electron chi connectivity index (χ2n) is 6.31. The van der Waals surface area contributed by atoms with Crippen molar-refractivity contribution in [2.24, 2.45) is 0 Å². The number of nitrogens with one attached hydrogen (secondary N) is 2. The largest absolute Gasteiger partial charge is 0.355 e. The molecule has 2 N–H and O–H groups in total. The van der Waals surface area contributed by atoms with Gasteiger partial charge in [0.05, 0.1) is 5.52 Å². The average Bonchev–Trinajstić information content (AvgIpc) is 3.14. The predicted molar refractivity (Wildman–Crippen MR) is 113 cm³/mol. The molecule has 0 aliphatic heterocycles. The molecule has 146 valence electrons. The van der Waals surface area contributed by atoms with Crippen molar-refractivity contribution >= 4 is 45.0 Å². The summed E-state index contributed by atoms with van der Waals surface area (Å²) in [6.07, 6.45) is 0. The molecular formula is C20H15FN4O2S2. The molecule has 2 aromatic heterocycles. The van der Waals surface area contributed by atoms with Crippen LogP contribution in [-0.4, -0.2) is 21.1 Å². The number of anilines is 1. The molecule has 2 aromatic carbocycles. The maximum Gasteiger partial charge on any atom is 0.257 e. The first-order valence-electron chi connectivity index (χ1n) is 8.64. The summed E-state index contributed by atoms with van der Waals surface area (Å²) in [5.41, 5.74) is 2.08. The van der Waals surface area contributed by atoms with Gasteiger partial charge in [-0.2, -0.15) is 0 Å². The van der Waals surface area contributed by atoms with E-state index >= 15 is 0 Å². The second kappa shape index (κ2) is 8.14. The van der Waals surface area contributed by atoms with Crippen molar-refractivity contribution in [2.75, 3.05) is 5.32 Å². The summed E-state index contributed by atoms with van der Waals surface area (Å²) < 4.78 is 14.6. The number of carbonyl (C=O) groups is 1. The van der Waals surface area contributed by atoms with Crippen molar-refractivity contribution < 1.29 is 9.18 Å². The summed E-state index contributed by atoms with van der Waals surface area (Å²) in [6, 6.07) is 13.1. The van der Waals surface area contributed by atoms with E-state index < -0.39 is 5.82 Å². The zero-order valence-corrected chi connectivity index (χ0v) is 16.9. The van der Waals surface area contributed by atoms with E-state index in [1.807, 2.05) is 19.1 Å². The van der Waals surface area contributed by atoms with E-state index in [1.54, 1.807) is 18.2 Å². The summed E-state index contributed by atoms with van der Waals surface area (Å²) in [6.45, 7) is 1.92. The Labute approximate surface area is 173 Å². The predicted octanol–water partition coefficient (Wildman–Crippen LogP) is 4.37. The molecule has 0 aliphatic rings. The number of aromatic nitrogens is 3. The molecule has 0 radical (unpaired) electrons. The lowest BCUT2D eigenvalue weighted by Gasteiger charge is -2.04. The molecule has 0 saturated heterocycles. The minimum Gasteiger partial charge on any atom is -0.355 e. The molecule has 0 atom stereocenters. The van der Waals surface area contributed by atoms with Crippen molar-refractivity contribution in [3.05, 3.63) is 81.4 Å². The highest BCUT2D eigenvalue weighted by Crippen LogP contribution is 2.28. The number of carbonyl (C=O) groups excluding carboxylic acids is 1. The highest BCUT2D eigenvalue weighted by molar-refractivity contribution is 8.00. The van der Waals surface area contributed by atoms with E-state index in [-0.39, 0.29) is 16.9 Å². The molecule has 4 rings (SSSR count). The van der Waals surface area contributed by atoms with E-state index in [9.17, 15) is 14.0 Å². The number of benzene rings is 2. The van der Waals surface area contributed by atoms with Gasteiger partial charge in [-0.25, -0.2) is 4.39 Å². The highest BCUT2D eigenvalue weighted by Gasteiger charge is 2.12. The Morgan fingerprint density at radius 3 is 2.86 bits per heavy atom. The molecule has 9 heteroatoms. The Morgan fingerprint density at radius 1 is 1.21 bits per heavy atom. The summed E-state index contributed by atoms with van der Waals surface area (Å²) in [4.78, 5) is 27.4. The molecular weight excluding hydrogens is 411 g/mol. The first kappa shape index (κ1) is 19.3. The number of thioether (sulfide) groups is 1. The minimum atomic E-state index is -0.469. The van der Waals surface area contributed by atoms with Gasteiger partial charge in [0.25, 0.3) is 5.91 Å². The maximum atomic E-state index is 14.0. The number of hydrogen-bond donors (Lipinski definition) is 2. The third-order valence-electron chi connectivity index (χ3n) is 4.13. The number of aromatic amines is 1. The van der Waals surface area contributed by atoms with Crippen LogP contribution in [0.15, 0.2) is 57.7 Å². The topological polar surface area (TPSA) is 87.7 Å². The van der Waals surface area contributed by atoms with Crippen LogP contribution in [0.2, 0.25) is 0 Å². The number of para-hydroxylation sites is 1. The van der Waals surface area contributed by atoms with Crippen molar-refractivity contribution in [3.63, 3.8) is 0 Å². The normalized spacial score (nSPS) is 11.0. The minimum absolute atomic E-state index is 0.193. The van der Waals surface area contributed by atoms with Gasteiger partial charge in [0, 0.05) is 28.5 Å². The molecule has 4 aromatic rings. The number of H-pyrrole nitrogens is 1. The van der Waals surface area contributed by atoms with E-state index in [4.69, 9.17) is 0 Å². The van der Waals surface area contributed by atoms with Gasteiger partial charge < -0.3 is 4.98 Å². The van der Waals surface area contributed by atoms with Gasteiger partial charge in [-0.05, 0) is 31.2 Å². The highest BCUT2D eigenvalue weighted by atomic mass is 32.2. The van der Waals surface area contributed by atoms with E-state index in [0.29, 0.717) is 31.9 Å². The van der Waals surface area contributed by atoms with Gasteiger partial charge in [-0.15, -0.1) is 10.2 Å². The third kappa shape index (κ3) is 4.36. The fourth-order valence-corrected chi connectivity index (χ4v) is 4.44. The van der Waals surface area contributed by atoms with Crippen LogP contribution in [0.4, 0.5) is 9.52 Å². The first-order valence-corrected chi connectivity index (χ1v) is 10.4. The van der Waals surface area contributed by atoms with Crippen LogP contribution in [0.25, 0.3) is 10.9 Å². The molecule has 1 amide bonds. The second-order valence-corrected chi connectivity index (χ2v) is 8.51. The quantitative estimate of drug-likeness (QED) is 0.365. The lowest BCUT2D eigenvalue weighted by Crippen LogP contribution is -2.11. The van der Waals surface area contributed by atoms with Crippen LogP contribution in [0.1, 0.15) is 21.6 Å². The fraction of sp³-hybridized carbons (Fsp3) is 0.100. The molecule has 0 saturated carbocycles. The van der Waals surface area contributed by atoms with Crippen LogP contribution < -0.4 is 10.7 Å². The number of fused-ring (bicyclic) bond motifs is 1. The number of nitrogens with zero attached hydrogens (tertiary/aromatic N) is 2. The zero-order chi connectivity index (χ0) is 20.4. The molecule has 6 nitrogen and oxygen atoms in total. The van der Waals surface area contributed by atoms with Crippen molar-refractivity contribution in [3.8, 4) is 0 Å². The molecule has 0 spiro atoms. The molecule has 0 bridgehead atoms. The van der Waals surface area contributed by atoms with Gasteiger partial charge in [0.2, 0.25) is 5.13 Å². The molecule has 0 fully saturated rings. The molecule has 2 heterocycles. The smallest absolute Gasteiger partial charge is 0.257 e. The number of pyridine rings is 1. The monoisotopic (exact) mass is 426 g/mol. The maximum absolute atomic E-state index is 14.0. The summed E-state index contributed by atoms with van der Waals surface area (Å²) in [7, 11) is 0. The Bertz CT molecular complexity index is 1270. The lowest BCUT2D eigenvalue weighted by atomic mass is 10.1. The van der Waals surface area contributed by atoms with Gasteiger partial charge in [-0.1, -0.05) is 46.9 Å². The number of aryl methyl sites for hydroxylation is 1. The fourth-order valence-electron chi connectivity index (χ4n) is 2.78. The standard InChI is InChI=1S/C20H15FN4O2S2/c1-11-4-2-5-12(8-11)18(27)23-19-24-25-20(29-19)28-10-13-9-16(26)14-6-3-7-15(21)17(14)22-13/h2-9H,10H2,1H3,(H,22,26)(H,23,24,27). The summed E-state index contributed by atoms with van der Waals surface area (Å²) in [5.74, 6) is -0.334. The van der Waals surface area contributed by atoms with Gasteiger partial charge in [0.15, 0.2) is 9.77 Å². The Hall–Kier alpha value is -3.04.